The molecule has 0 aliphatic heterocycles. The second kappa shape index (κ2) is 18.8. The summed E-state index contributed by atoms with van der Waals surface area (Å²) < 4.78 is 17.9. The van der Waals surface area contributed by atoms with Crippen LogP contribution in [0.5, 0.6) is 0 Å². The largest absolute Gasteiger partial charge is 0.462 e. The first kappa shape index (κ1) is 26.7. The highest BCUT2D eigenvalue weighted by atomic mass is 16.7. The molecule has 0 aromatic rings. The highest BCUT2D eigenvalue weighted by Gasteiger charge is 2.06. The fraction of sp³-hybridized carbons (Fsp3) is 0.714. The number of carbonyl (C=O) groups excluding carboxylic acids is 4. The fourth-order valence-electron chi connectivity index (χ4n) is 0.862. The summed E-state index contributed by atoms with van der Waals surface area (Å²) in [5, 5.41) is 15.2. The zero-order valence-electron chi connectivity index (χ0n) is 14.6. The van der Waals surface area contributed by atoms with E-state index in [0.29, 0.717) is 0 Å². The first-order chi connectivity index (χ1) is 11.1. The van der Waals surface area contributed by atoms with E-state index < -0.39 is 18.2 Å². The van der Waals surface area contributed by atoms with Gasteiger partial charge in [-0.25, -0.2) is 0 Å². The van der Waals surface area contributed by atoms with E-state index in [1.54, 1.807) is 0 Å². The summed E-state index contributed by atoms with van der Waals surface area (Å²) in [7, 11) is 0. The Morgan fingerprint density at radius 1 is 0.708 bits per heavy atom. The topological polar surface area (TPSA) is 146 Å². The lowest BCUT2D eigenvalue weighted by Crippen LogP contribution is -2.18. The molecular weight excluding hydrogens is 328 g/mol. The predicted molar refractivity (Wildman–Crippen MR) is 80.4 cm³/mol. The molecule has 0 unspecified atom stereocenters. The Hall–Kier alpha value is -2.20. The van der Waals surface area contributed by atoms with E-state index in [1.165, 1.54) is 34.6 Å². The maximum absolute atomic E-state index is 10.2. The molecule has 2 N–H and O–H groups in total. The van der Waals surface area contributed by atoms with Crippen LogP contribution in [0.3, 0.4) is 0 Å². The molecule has 0 saturated carbocycles. The summed E-state index contributed by atoms with van der Waals surface area (Å²) in [6, 6.07) is 0. The second-order valence-electron chi connectivity index (χ2n) is 3.91. The molecule has 0 atom stereocenters. The summed E-state index contributed by atoms with van der Waals surface area (Å²) in [5.74, 6) is -1.66. The van der Waals surface area contributed by atoms with Crippen molar-refractivity contribution in [3.8, 4) is 0 Å². The molecule has 0 amide bonds. The van der Waals surface area contributed by atoms with Gasteiger partial charge in [0.1, 0.15) is 13.2 Å². The Morgan fingerprint density at radius 3 is 1.17 bits per heavy atom. The van der Waals surface area contributed by atoms with Gasteiger partial charge in [0, 0.05) is 34.6 Å². The SMILES string of the molecule is CC(=O)OC(C)OC(C)=O.CC(=O)OCCOC(C)=O.OCCO. The molecule has 0 radical (unpaired) electrons. The van der Waals surface area contributed by atoms with Crippen LogP contribution >= 0.6 is 0 Å². The first-order valence-corrected chi connectivity index (χ1v) is 6.89. The number of hydrogen-bond donors (Lipinski definition) is 2. The maximum Gasteiger partial charge on any atom is 0.305 e. The first-order valence-electron chi connectivity index (χ1n) is 6.89. The van der Waals surface area contributed by atoms with Crippen LogP contribution in [-0.4, -0.2) is 66.8 Å². The maximum atomic E-state index is 10.2. The van der Waals surface area contributed by atoms with Gasteiger partial charge in [-0.05, 0) is 0 Å². The van der Waals surface area contributed by atoms with Crippen molar-refractivity contribution in [3.63, 3.8) is 0 Å². The van der Waals surface area contributed by atoms with Crippen LogP contribution < -0.4 is 0 Å². The van der Waals surface area contributed by atoms with Gasteiger partial charge < -0.3 is 29.2 Å². The number of rotatable bonds is 6. The molecule has 0 bridgehead atoms. The molecule has 0 saturated heterocycles. The minimum atomic E-state index is -0.782. The molecule has 10 nitrogen and oxygen atoms in total. The molecule has 0 rings (SSSR count). The quantitative estimate of drug-likeness (QED) is 0.278. The Balaban J connectivity index is -0.000000301. The van der Waals surface area contributed by atoms with Gasteiger partial charge in [0.05, 0.1) is 13.2 Å². The van der Waals surface area contributed by atoms with Gasteiger partial charge in [0.2, 0.25) is 6.29 Å². The number of hydrogen-bond acceptors (Lipinski definition) is 10. The van der Waals surface area contributed by atoms with E-state index in [-0.39, 0.29) is 38.4 Å². The van der Waals surface area contributed by atoms with Crippen molar-refractivity contribution < 1.29 is 48.3 Å². The minimum absolute atomic E-state index is 0.125. The summed E-state index contributed by atoms with van der Waals surface area (Å²) in [5.41, 5.74) is 0. The van der Waals surface area contributed by atoms with Crippen molar-refractivity contribution in [1.82, 2.24) is 0 Å². The van der Waals surface area contributed by atoms with Crippen molar-refractivity contribution in [3.05, 3.63) is 0 Å². The van der Waals surface area contributed by atoms with Crippen LogP contribution in [0.1, 0.15) is 34.6 Å². The Kier molecular flexibility index (Phi) is 21.0. The van der Waals surface area contributed by atoms with Crippen molar-refractivity contribution in [2.24, 2.45) is 0 Å². The molecule has 10 heteroatoms. The fourth-order valence-corrected chi connectivity index (χ4v) is 0.862. The van der Waals surface area contributed by atoms with Crippen LogP contribution in [-0.2, 0) is 38.1 Å². The van der Waals surface area contributed by atoms with Gasteiger partial charge in [-0.2, -0.15) is 0 Å². The lowest BCUT2D eigenvalue weighted by molar-refractivity contribution is -0.181. The van der Waals surface area contributed by atoms with Gasteiger partial charge >= 0.3 is 23.9 Å². The third-order valence-corrected chi connectivity index (χ3v) is 1.46. The number of aliphatic hydroxyl groups excluding tert-OH is 2. The lowest BCUT2D eigenvalue weighted by atomic mass is 10.7. The van der Waals surface area contributed by atoms with Crippen LogP contribution in [0.4, 0.5) is 0 Å². The zero-order valence-corrected chi connectivity index (χ0v) is 14.6. The van der Waals surface area contributed by atoms with Gasteiger partial charge in [-0.15, -0.1) is 0 Å². The zero-order chi connectivity index (χ0) is 19.5. The highest BCUT2D eigenvalue weighted by molar-refractivity contribution is 5.68. The minimum Gasteiger partial charge on any atom is -0.462 e. The van der Waals surface area contributed by atoms with Crippen LogP contribution in [0.2, 0.25) is 0 Å². The number of aliphatic hydroxyl groups is 2. The molecule has 0 aromatic carbocycles. The van der Waals surface area contributed by atoms with Crippen molar-refractivity contribution in [1.29, 1.82) is 0 Å². The standard InChI is InChI=1S/2C6H10O4.C2H6O2/c1-5(7)9-3-4-10-6(2)8;1-4(7)9-6(3)10-5(2)8;3-1-2-4/h3-4H2,1-2H3;6H,1-3H3;3-4H,1-2H2. The Labute approximate surface area is 140 Å². The lowest BCUT2D eigenvalue weighted by Gasteiger charge is -2.10. The van der Waals surface area contributed by atoms with Crippen LogP contribution in [0.15, 0.2) is 0 Å². The van der Waals surface area contributed by atoms with Gasteiger partial charge in [-0.3, -0.25) is 19.2 Å². The van der Waals surface area contributed by atoms with Crippen molar-refractivity contribution in [2.75, 3.05) is 26.4 Å². The average Bonchev–Trinajstić information content (AvgIpc) is 2.42. The van der Waals surface area contributed by atoms with E-state index in [4.69, 9.17) is 10.2 Å². The van der Waals surface area contributed by atoms with E-state index >= 15 is 0 Å². The molecule has 0 aliphatic carbocycles. The molecule has 0 aliphatic rings. The van der Waals surface area contributed by atoms with E-state index in [2.05, 4.69) is 18.9 Å². The summed E-state index contributed by atoms with van der Waals surface area (Å²) in [6.07, 6.45) is -0.782. The molecule has 24 heavy (non-hydrogen) atoms. The van der Waals surface area contributed by atoms with E-state index in [1.807, 2.05) is 0 Å². The second-order valence-corrected chi connectivity index (χ2v) is 3.91. The Morgan fingerprint density at radius 2 is 1.00 bits per heavy atom. The predicted octanol–water partition coefficient (Wildman–Crippen LogP) is -0.458. The summed E-state index contributed by atoms with van der Waals surface area (Å²) in [6.45, 7) is 6.59. The van der Waals surface area contributed by atoms with E-state index in [9.17, 15) is 19.2 Å². The van der Waals surface area contributed by atoms with Gasteiger partial charge in [0.15, 0.2) is 0 Å². The smallest absolute Gasteiger partial charge is 0.305 e. The third kappa shape index (κ3) is 36.7. The van der Waals surface area contributed by atoms with Gasteiger partial charge in [0.25, 0.3) is 0 Å². The van der Waals surface area contributed by atoms with Gasteiger partial charge in [-0.1, -0.05) is 0 Å². The monoisotopic (exact) mass is 354 g/mol. The Bertz CT molecular complexity index is 333. The van der Waals surface area contributed by atoms with Crippen LogP contribution in [0, 0.1) is 0 Å². The highest BCUT2D eigenvalue weighted by Crippen LogP contribution is 1.93. The van der Waals surface area contributed by atoms with E-state index in [0.717, 1.165) is 0 Å². The molecule has 142 valence electrons. The number of carbonyl (C=O) groups is 4. The average molecular weight is 354 g/mol. The molecule has 0 heterocycles. The normalized spacial score (nSPS) is 8.67. The summed E-state index contributed by atoms with van der Waals surface area (Å²) in [4.78, 5) is 40.7. The van der Waals surface area contributed by atoms with Crippen molar-refractivity contribution in [2.45, 2.75) is 40.9 Å². The number of ether oxygens (including phenoxy) is 4. The van der Waals surface area contributed by atoms with Crippen LogP contribution in [0.25, 0.3) is 0 Å². The van der Waals surface area contributed by atoms with Crippen molar-refractivity contribution >= 4 is 23.9 Å². The third-order valence-electron chi connectivity index (χ3n) is 1.46. The number of esters is 4. The molecule has 0 aromatic heterocycles. The molecule has 0 spiro atoms. The summed E-state index contributed by atoms with van der Waals surface area (Å²) >= 11 is 0. The molecule has 0 fully saturated rings. The molecular formula is C14H26O10.